The number of phosphoric acid groups is 1. The fourth-order valence-corrected chi connectivity index (χ4v) is 3.42. The van der Waals surface area contributed by atoms with Gasteiger partial charge in [0, 0.05) is 18.8 Å². The van der Waals surface area contributed by atoms with Gasteiger partial charge in [0.05, 0.1) is 13.2 Å². The summed E-state index contributed by atoms with van der Waals surface area (Å²) in [6.07, 6.45) is -1.94. The second kappa shape index (κ2) is 6.11. The largest absolute Gasteiger partial charge is 0.469 e. The number of phosphoric ester groups is 1. The first-order valence-electron chi connectivity index (χ1n) is 7.31. The number of aliphatic hydroxyl groups excluding tert-OH is 1. The number of likely N-dealkylation sites (N-methyl/N-ethyl adjacent to an activating group) is 1. The summed E-state index contributed by atoms with van der Waals surface area (Å²) in [6, 6.07) is 0. The lowest BCUT2D eigenvalue weighted by Crippen LogP contribution is -2.59. The maximum Gasteiger partial charge on any atom is 0.469 e. The van der Waals surface area contributed by atoms with Gasteiger partial charge in [0.15, 0.2) is 12.3 Å². The van der Waals surface area contributed by atoms with E-state index in [1.54, 1.807) is 14.0 Å². The zero-order valence-electron chi connectivity index (χ0n) is 13.5. The Balaban J connectivity index is 1.97. The van der Waals surface area contributed by atoms with Crippen LogP contribution < -0.4 is 11.4 Å². The van der Waals surface area contributed by atoms with Crippen molar-refractivity contribution in [2.24, 2.45) is 0 Å². The molecule has 1 aromatic rings. The van der Waals surface area contributed by atoms with Crippen molar-refractivity contribution in [2.45, 2.75) is 31.0 Å². The number of aromatic nitrogens is 2. The molecule has 4 atom stereocenters. The molecule has 0 aromatic carbocycles. The summed E-state index contributed by atoms with van der Waals surface area (Å²) in [5.74, 6) is 0.0698. The Labute approximate surface area is 141 Å². The molecule has 2 aliphatic rings. The van der Waals surface area contributed by atoms with Gasteiger partial charge in [0.25, 0.3) is 0 Å². The van der Waals surface area contributed by atoms with Gasteiger partial charge in [-0.2, -0.15) is 10.0 Å². The van der Waals surface area contributed by atoms with E-state index in [2.05, 4.69) is 9.51 Å². The number of anilines is 1. The van der Waals surface area contributed by atoms with Gasteiger partial charge in [-0.1, -0.05) is 0 Å². The van der Waals surface area contributed by atoms with Crippen molar-refractivity contribution >= 4 is 13.6 Å². The number of rotatable bonds is 4. The van der Waals surface area contributed by atoms with E-state index < -0.39 is 44.2 Å². The van der Waals surface area contributed by atoms with E-state index in [1.807, 2.05) is 0 Å². The summed E-state index contributed by atoms with van der Waals surface area (Å²) in [6.45, 7) is 1.03. The molecule has 3 heterocycles. The van der Waals surface area contributed by atoms with Crippen LogP contribution in [0.3, 0.4) is 0 Å². The summed E-state index contributed by atoms with van der Waals surface area (Å²) >= 11 is 0. The summed E-state index contributed by atoms with van der Waals surface area (Å²) in [5.41, 5.74) is 3.94. The lowest BCUT2D eigenvalue weighted by molar-refractivity contribution is -0.256. The third-order valence-electron chi connectivity index (χ3n) is 4.20. The Morgan fingerprint density at radius 1 is 1.56 bits per heavy atom. The minimum Gasteiger partial charge on any atom is -0.387 e. The second-order valence-electron chi connectivity index (χ2n) is 6.14. The molecule has 0 radical (unpaired) electrons. The highest BCUT2D eigenvalue weighted by atomic mass is 31.2. The van der Waals surface area contributed by atoms with Crippen molar-refractivity contribution < 1.29 is 33.6 Å². The molecule has 12 nitrogen and oxygen atoms in total. The molecule has 0 aliphatic carbocycles. The number of hydrogen-bond acceptors (Lipinski definition) is 9. The van der Waals surface area contributed by atoms with E-state index in [0.717, 1.165) is 4.57 Å². The molecule has 2 bridgehead atoms. The molecule has 3 rings (SSSR count). The predicted octanol–water partition coefficient (Wildman–Crippen LogP) is -1.88. The SMILES string of the molecule is Cc1cn([C@@H]2O[C@@]3(COP(=O)(O)O)CN(C)O[C@@H]2[C@@H]3O)c(=O)nc1N. The minimum atomic E-state index is -4.78. The highest BCUT2D eigenvalue weighted by Gasteiger charge is 2.61. The predicted molar refractivity (Wildman–Crippen MR) is 82.0 cm³/mol. The van der Waals surface area contributed by atoms with E-state index in [1.165, 1.54) is 11.3 Å². The van der Waals surface area contributed by atoms with Gasteiger partial charge in [-0.3, -0.25) is 13.9 Å². The average Bonchev–Trinajstić information content (AvgIpc) is 2.65. The lowest BCUT2D eigenvalue weighted by atomic mass is 9.94. The number of hydroxylamine groups is 2. The second-order valence-corrected chi connectivity index (χ2v) is 7.38. The molecule has 13 heteroatoms. The summed E-state index contributed by atoms with van der Waals surface area (Å²) in [7, 11) is -3.22. The summed E-state index contributed by atoms with van der Waals surface area (Å²) in [4.78, 5) is 39.3. The van der Waals surface area contributed by atoms with E-state index in [9.17, 15) is 14.5 Å². The van der Waals surface area contributed by atoms with Crippen LogP contribution >= 0.6 is 7.82 Å². The Hall–Kier alpha value is -1.37. The van der Waals surface area contributed by atoms with Gasteiger partial charge in [-0.25, -0.2) is 9.36 Å². The third kappa shape index (κ3) is 3.35. The number of nitrogens with zero attached hydrogens (tertiary/aromatic N) is 3. The highest BCUT2D eigenvalue weighted by molar-refractivity contribution is 7.46. The van der Waals surface area contributed by atoms with Crippen LogP contribution in [0.5, 0.6) is 0 Å². The van der Waals surface area contributed by atoms with Crippen molar-refractivity contribution in [1.29, 1.82) is 0 Å². The van der Waals surface area contributed by atoms with Gasteiger partial charge in [-0.15, -0.1) is 0 Å². The summed E-state index contributed by atoms with van der Waals surface area (Å²) < 4.78 is 22.5. The fraction of sp³-hybridized carbons (Fsp3) is 0.667. The van der Waals surface area contributed by atoms with Gasteiger partial charge in [0.1, 0.15) is 17.5 Å². The van der Waals surface area contributed by atoms with Crippen molar-refractivity contribution in [1.82, 2.24) is 14.6 Å². The molecule has 25 heavy (non-hydrogen) atoms. The van der Waals surface area contributed by atoms with E-state index in [-0.39, 0.29) is 12.4 Å². The van der Waals surface area contributed by atoms with Crippen LogP contribution in [0.15, 0.2) is 11.0 Å². The molecule has 0 saturated carbocycles. The average molecular weight is 378 g/mol. The van der Waals surface area contributed by atoms with Crippen LogP contribution in [0.4, 0.5) is 5.82 Å². The maximum atomic E-state index is 12.2. The Kier molecular flexibility index (Phi) is 4.50. The van der Waals surface area contributed by atoms with Crippen molar-refractivity contribution in [3.8, 4) is 0 Å². The normalized spacial score (nSPS) is 32.9. The van der Waals surface area contributed by atoms with E-state index in [4.69, 9.17) is 25.1 Å². The van der Waals surface area contributed by atoms with Crippen LogP contribution in [0.1, 0.15) is 11.8 Å². The van der Waals surface area contributed by atoms with Crippen LogP contribution in [0, 0.1) is 6.92 Å². The highest BCUT2D eigenvalue weighted by Crippen LogP contribution is 2.46. The zero-order chi connectivity index (χ0) is 18.6. The van der Waals surface area contributed by atoms with Gasteiger partial charge in [-0.05, 0) is 6.92 Å². The molecule has 0 unspecified atom stereocenters. The monoisotopic (exact) mass is 378 g/mol. The Morgan fingerprint density at radius 3 is 2.88 bits per heavy atom. The van der Waals surface area contributed by atoms with Crippen LogP contribution in [-0.4, -0.2) is 67.5 Å². The van der Waals surface area contributed by atoms with E-state index >= 15 is 0 Å². The molecule has 1 aromatic heterocycles. The summed E-state index contributed by atoms with van der Waals surface area (Å²) in [5, 5.41) is 11.9. The molecule has 140 valence electrons. The quantitative estimate of drug-likeness (QED) is 0.432. The van der Waals surface area contributed by atoms with Crippen molar-refractivity contribution in [3.05, 3.63) is 22.2 Å². The molecule has 2 fully saturated rings. The van der Waals surface area contributed by atoms with Crippen molar-refractivity contribution in [2.75, 3.05) is 25.9 Å². The minimum absolute atomic E-state index is 0.0305. The topological polar surface area (TPSA) is 170 Å². The first-order chi connectivity index (χ1) is 11.5. The van der Waals surface area contributed by atoms with Crippen LogP contribution in [0.25, 0.3) is 0 Å². The van der Waals surface area contributed by atoms with E-state index in [0.29, 0.717) is 5.56 Å². The molecular formula is C12H19N4O8P. The Bertz CT molecular complexity index is 781. The number of fused-ring (bicyclic) bond motifs is 2. The smallest absolute Gasteiger partial charge is 0.387 e. The third-order valence-corrected chi connectivity index (χ3v) is 4.67. The number of aliphatic hydroxyl groups is 1. The molecule has 2 aliphatic heterocycles. The van der Waals surface area contributed by atoms with Crippen LogP contribution in [-0.2, 0) is 18.7 Å². The molecule has 0 amide bonds. The van der Waals surface area contributed by atoms with Crippen LogP contribution in [0.2, 0.25) is 0 Å². The molecule has 2 saturated heterocycles. The lowest BCUT2D eigenvalue weighted by Gasteiger charge is -2.39. The number of ether oxygens (including phenoxy) is 1. The first kappa shape index (κ1) is 18.4. The molecular weight excluding hydrogens is 359 g/mol. The molecule has 0 spiro atoms. The molecule has 5 N–H and O–H groups in total. The maximum absolute atomic E-state index is 12.2. The number of nitrogen functional groups attached to an aromatic ring is 1. The van der Waals surface area contributed by atoms with Crippen molar-refractivity contribution in [3.63, 3.8) is 0 Å². The fourth-order valence-electron chi connectivity index (χ4n) is 3.03. The van der Waals surface area contributed by atoms with Gasteiger partial charge < -0.3 is 25.4 Å². The number of hydrogen-bond donors (Lipinski definition) is 4. The standard InChI is InChI=1S/C12H19N4O8P/c1-6-3-16(11(18)14-9(6)13)10-7-8(17)12(23-10,4-15(2)24-7)5-22-25(19,20)21/h3,7-8,10,17H,4-5H2,1-2H3,(H2,13,14,18)(H2,19,20,21)/t7-,8+,10-,12-/m1/s1. The Morgan fingerprint density at radius 2 is 2.24 bits per heavy atom. The number of nitrogens with two attached hydrogens (primary N) is 1. The van der Waals surface area contributed by atoms with Gasteiger partial charge in [0.2, 0.25) is 0 Å². The number of aryl methyl sites for hydroxylation is 1. The van der Waals surface area contributed by atoms with Gasteiger partial charge >= 0.3 is 13.5 Å². The first-order valence-corrected chi connectivity index (χ1v) is 8.85. The zero-order valence-corrected chi connectivity index (χ0v) is 14.4.